The van der Waals surface area contributed by atoms with Crippen LogP contribution in [0.15, 0.2) is 48.9 Å². The quantitative estimate of drug-likeness (QED) is 0.328. The Morgan fingerprint density at radius 2 is 1.97 bits per heavy atom. The van der Waals surface area contributed by atoms with E-state index in [1.165, 1.54) is 11.8 Å². The smallest absolute Gasteiger partial charge is 0.247 e. The van der Waals surface area contributed by atoms with Gasteiger partial charge in [-0.15, -0.1) is 10.2 Å². The maximum atomic E-state index is 10.4. The van der Waals surface area contributed by atoms with Crippen LogP contribution in [0.5, 0.6) is 11.6 Å². The molecular formula is C19H15Br3N4O2S. The maximum Gasteiger partial charge on any atom is 0.247 e. The molecule has 29 heavy (non-hydrogen) atoms. The largest absolute Gasteiger partial charge is 0.506 e. The molecular weight excluding hydrogens is 588 g/mol. The van der Waals surface area contributed by atoms with Crippen LogP contribution in [-0.4, -0.2) is 26.0 Å². The Balaban J connectivity index is 1.86. The lowest BCUT2D eigenvalue weighted by Gasteiger charge is -2.22. The van der Waals surface area contributed by atoms with E-state index < -0.39 is 6.23 Å². The molecule has 0 aliphatic carbocycles. The number of nitrogens with one attached hydrogen (secondary N) is 1. The van der Waals surface area contributed by atoms with Crippen LogP contribution in [-0.2, 0) is 0 Å². The zero-order chi connectivity index (χ0) is 20.5. The van der Waals surface area contributed by atoms with Gasteiger partial charge < -0.3 is 15.2 Å². The van der Waals surface area contributed by atoms with Gasteiger partial charge in [-0.3, -0.25) is 0 Å². The Kier molecular flexibility index (Phi) is 6.33. The zero-order valence-electron chi connectivity index (χ0n) is 15.1. The van der Waals surface area contributed by atoms with Crippen LogP contribution in [0.4, 0.5) is 5.69 Å². The highest BCUT2D eigenvalue weighted by Crippen LogP contribution is 2.46. The monoisotopic (exact) mass is 600 g/mol. The number of benzene rings is 2. The van der Waals surface area contributed by atoms with Crippen LogP contribution in [0, 0.1) is 0 Å². The third kappa shape index (κ3) is 4.12. The van der Waals surface area contributed by atoms with E-state index in [1.807, 2.05) is 24.3 Å². The second-order valence-electron chi connectivity index (χ2n) is 6.20. The standard InChI is InChI=1S/C19H15Br3N4O2S/c1-2-7-29-19-24-18-15(25-26-19)9-5-3-4-6-12(9)23-17(28-18)13-10(20)8-11(21)16(27)14(13)22/h3-6,8,17,23,27H,2,7H2,1H3/t17-/m1/s1. The fourth-order valence-electron chi connectivity index (χ4n) is 2.87. The Bertz CT molecular complexity index is 1080. The number of thioether (sulfide) groups is 1. The van der Waals surface area contributed by atoms with Crippen molar-refractivity contribution in [2.24, 2.45) is 0 Å². The highest BCUT2D eigenvalue weighted by atomic mass is 79.9. The number of rotatable bonds is 4. The van der Waals surface area contributed by atoms with Crippen LogP contribution in [0.2, 0.25) is 0 Å². The third-order valence-corrected chi connectivity index (χ3v) is 7.32. The van der Waals surface area contributed by atoms with E-state index in [-0.39, 0.29) is 5.75 Å². The number of phenolic OH excluding ortho intramolecular Hbond substituents is 1. The SMILES string of the molecule is CCCSc1nnc2c(n1)O[C@H](c1c(Br)cc(Br)c(O)c1Br)Nc1ccccc1-2. The topological polar surface area (TPSA) is 80.2 Å². The molecule has 0 unspecified atom stereocenters. The number of para-hydroxylation sites is 1. The van der Waals surface area contributed by atoms with E-state index in [1.54, 1.807) is 6.07 Å². The minimum absolute atomic E-state index is 0.0892. The molecule has 0 radical (unpaired) electrons. The number of aromatic nitrogens is 3. The minimum atomic E-state index is -0.624. The average Bonchev–Trinajstić information content (AvgIpc) is 2.87. The van der Waals surface area contributed by atoms with E-state index in [9.17, 15) is 5.11 Å². The normalized spacial score (nSPS) is 15.0. The number of anilines is 1. The van der Waals surface area contributed by atoms with Crippen LogP contribution in [0.3, 0.4) is 0 Å². The number of halogens is 3. The van der Waals surface area contributed by atoms with E-state index in [0.717, 1.165) is 27.9 Å². The fourth-order valence-corrected chi connectivity index (χ4v) is 6.04. The van der Waals surface area contributed by atoms with Gasteiger partial charge in [0.25, 0.3) is 0 Å². The number of ether oxygens (including phenoxy) is 1. The van der Waals surface area contributed by atoms with E-state index in [4.69, 9.17) is 4.74 Å². The molecule has 6 nitrogen and oxygen atoms in total. The summed E-state index contributed by atoms with van der Waals surface area (Å²) in [7, 11) is 0. The van der Waals surface area contributed by atoms with Crippen molar-refractivity contribution >= 4 is 65.2 Å². The third-order valence-electron chi connectivity index (χ3n) is 4.21. The first-order chi connectivity index (χ1) is 14.0. The highest BCUT2D eigenvalue weighted by Gasteiger charge is 2.30. The molecule has 4 rings (SSSR count). The Labute approximate surface area is 197 Å². The van der Waals surface area contributed by atoms with Crippen molar-refractivity contribution in [3.8, 4) is 22.9 Å². The number of hydrogen-bond donors (Lipinski definition) is 2. The lowest BCUT2D eigenvalue weighted by atomic mass is 10.1. The van der Waals surface area contributed by atoms with E-state index in [0.29, 0.717) is 31.2 Å². The molecule has 3 aromatic rings. The summed E-state index contributed by atoms with van der Waals surface area (Å²) in [5.41, 5.74) is 2.97. The summed E-state index contributed by atoms with van der Waals surface area (Å²) in [5, 5.41) is 23.0. The van der Waals surface area contributed by atoms with Gasteiger partial charge in [-0.25, -0.2) is 0 Å². The van der Waals surface area contributed by atoms with Crippen molar-refractivity contribution in [2.75, 3.05) is 11.1 Å². The first-order valence-electron chi connectivity index (χ1n) is 8.76. The highest BCUT2D eigenvalue weighted by molar-refractivity contribution is 9.11. The number of fused-ring (bicyclic) bond motifs is 3. The Morgan fingerprint density at radius 1 is 1.17 bits per heavy atom. The van der Waals surface area contributed by atoms with Crippen molar-refractivity contribution in [1.29, 1.82) is 0 Å². The molecule has 1 aliphatic rings. The van der Waals surface area contributed by atoms with Gasteiger partial charge >= 0.3 is 0 Å². The predicted octanol–water partition coefficient (Wildman–Crippen LogP) is 6.54. The van der Waals surface area contributed by atoms with Crippen molar-refractivity contribution in [3.05, 3.63) is 49.3 Å². The maximum absolute atomic E-state index is 10.4. The molecule has 2 aromatic carbocycles. The Hall–Kier alpha value is -1.36. The number of nitrogens with zero attached hydrogens (tertiary/aromatic N) is 3. The predicted molar refractivity (Wildman–Crippen MR) is 124 cm³/mol. The van der Waals surface area contributed by atoms with Gasteiger partial charge in [-0.05, 0) is 50.4 Å². The summed E-state index contributed by atoms with van der Waals surface area (Å²) in [5.74, 6) is 1.38. The molecule has 1 atom stereocenters. The average molecular weight is 603 g/mol. The van der Waals surface area contributed by atoms with Crippen molar-refractivity contribution in [2.45, 2.75) is 24.7 Å². The summed E-state index contributed by atoms with van der Waals surface area (Å²) in [6, 6.07) is 9.54. The van der Waals surface area contributed by atoms with Crippen LogP contribution < -0.4 is 10.1 Å². The van der Waals surface area contributed by atoms with Gasteiger partial charge in [-0.1, -0.05) is 52.8 Å². The summed E-state index contributed by atoms with van der Waals surface area (Å²) in [4.78, 5) is 4.61. The molecule has 150 valence electrons. The molecule has 2 heterocycles. The summed E-state index contributed by atoms with van der Waals surface area (Å²) in [6.45, 7) is 2.10. The first-order valence-corrected chi connectivity index (χ1v) is 12.1. The molecule has 10 heteroatoms. The summed E-state index contributed by atoms with van der Waals surface area (Å²) in [6.07, 6.45) is 0.387. The van der Waals surface area contributed by atoms with Gasteiger partial charge in [0, 0.05) is 27.0 Å². The van der Waals surface area contributed by atoms with Crippen molar-refractivity contribution in [3.63, 3.8) is 0 Å². The van der Waals surface area contributed by atoms with Gasteiger partial charge in [0.15, 0.2) is 5.69 Å². The van der Waals surface area contributed by atoms with Gasteiger partial charge in [0.05, 0.1) is 8.95 Å². The van der Waals surface area contributed by atoms with Crippen molar-refractivity contribution < 1.29 is 9.84 Å². The second-order valence-corrected chi connectivity index (χ2v) is 9.76. The molecule has 0 spiro atoms. The van der Waals surface area contributed by atoms with Gasteiger partial charge in [0.1, 0.15) is 5.75 Å². The lowest BCUT2D eigenvalue weighted by Crippen LogP contribution is -2.18. The number of hydrogen-bond acceptors (Lipinski definition) is 7. The van der Waals surface area contributed by atoms with E-state index in [2.05, 4.69) is 75.2 Å². The molecule has 0 amide bonds. The molecule has 1 aliphatic heterocycles. The second kappa shape index (κ2) is 8.79. The number of aromatic hydroxyl groups is 1. The summed E-state index contributed by atoms with van der Waals surface area (Å²) >= 11 is 12.0. The van der Waals surface area contributed by atoms with Gasteiger partial charge in [-0.2, -0.15) is 4.98 Å². The minimum Gasteiger partial charge on any atom is -0.506 e. The lowest BCUT2D eigenvalue weighted by molar-refractivity contribution is 0.223. The molecule has 2 N–H and O–H groups in total. The Morgan fingerprint density at radius 3 is 2.76 bits per heavy atom. The molecule has 0 fully saturated rings. The molecule has 0 saturated heterocycles. The van der Waals surface area contributed by atoms with Crippen molar-refractivity contribution in [1.82, 2.24) is 15.2 Å². The van der Waals surface area contributed by atoms with Crippen LogP contribution >= 0.6 is 59.6 Å². The van der Waals surface area contributed by atoms with Crippen LogP contribution in [0.25, 0.3) is 11.3 Å². The van der Waals surface area contributed by atoms with Crippen LogP contribution in [0.1, 0.15) is 25.1 Å². The summed E-state index contributed by atoms with van der Waals surface area (Å²) < 4.78 is 8.12. The molecule has 0 saturated carbocycles. The van der Waals surface area contributed by atoms with Gasteiger partial charge in [0.2, 0.25) is 17.3 Å². The first kappa shape index (κ1) is 20.9. The van der Waals surface area contributed by atoms with E-state index >= 15 is 0 Å². The molecule has 1 aromatic heterocycles. The zero-order valence-corrected chi connectivity index (χ0v) is 20.7. The number of phenols is 1. The fraction of sp³-hybridized carbons (Fsp3) is 0.211. The molecule has 0 bridgehead atoms.